The summed E-state index contributed by atoms with van der Waals surface area (Å²) in [5.74, 6) is -0.820. The van der Waals surface area contributed by atoms with E-state index in [0.717, 1.165) is 10.9 Å². The molecule has 1 heterocycles. The van der Waals surface area contributed by atoms with E-state index in [1.165, 1.54) is 0 Å². The van der Waals surface area contributed by atoms with Crippen LogP contribution in [0.1, 0.15) is 31.7 Å². The summed E-state index contributed by atoms with van der Waals surface area (Å²) in [5.41, 5.74) is -0.638. The number of hydrogen-bond donors (Lipinski definition) is 2. The number of nitrogens with one attached hydrogen (secondary N) is 1. The summed E-state index contributed by atoms with van der Waals surface area (Å²) in [7, 11) is 0. The first-order valence-electron chi connectivity index (χ1n) is 6.79. The minimum Gasteiger partial charge on any atom is -0.375 e. The molecule has 1 fully saturated rings. The van der Waals surface area contributed by atoms with Crippen LogP contribution >= 0.6 is 15.9 Å². The summed E-state index contributed by atoms with van der Waals surface area (Å²) in [5, 5.41) is 13.7. The number of Topliss-reactive ketones (excluding diaryl/α,β-unsaturated/α-hetero) is 1. The lowest BCUT2D eigenvalue weighted by molar-refractivity contribution is -0.151. The van der Waals surface area contributed by atoms with E-state index in [1.807, 2.05) is 0 Å². The fourth-order valence-corrected chi connectivity index (χ4v) is 3.61. The first-order chi connectivity index (χ1) is 9.42. The molecule has 3 atom stereocenters. The van der Waals surface area contributed by atoms with Gasteiger partial charge in [-0.15, -0.1) is 0 Å². The average Bonchev–Trinajstić information content (AvgIpc) is 2.66. The summed E-state index contributed by atoms with van der Waals surface area (Å²) in [4.78, 5) is 24.5. The van der Waals surface area contributed by atoms with Crippen molar-refractivity contribution in [3.63, 3.8) is 0 Å². The van der Waals surface area contributed by atoms with Crippen LogP contribution in [0.3, 0.4) is 0 Å². The molecule has 0 unspecified atom stereocenters. The molecule has 0 radical (unpaired) electrons. The maximum absolute atomic E-state index is 12.3. The van der Waals surface area contributed by atoms with Gasteiger partial charge >= 0.3 is 0 Å². The highest BCUT2D eigenvalue weighted by Crippen LogP contribution is 2.46. The lowest BCUT2D eigenvalue weighted by Gasteiger charge is -2.35. The summed E-state index contributed by atoms with van der Waals surface area (Å²) < 4.78 is 0.780. The van der Waals surface area contributed by atoms with Crippen molar-refractivity contribution in [1.29, 1.82) is 0 Å². The maximum atomic E-state index is 12.3. The predicted octanol–water partition coefficient (Wildman–Crippen LogP) is 2.59. The van der Waals surface area contributed by atoms with Gasteiger partial charge < -0.3 is 10.4 Å². The number of carbonyl (C=O) groups excluding carboxylic acids is 2. The van der Waals surface area contributed by atoms with Crippen molar-refractivity contribution in [3.8, 4) is 0 Å². The minimum absolute atomic E-state index is 0.0198. The first-order valence-corrected chi connectivity index (χ1v) is 7.58. The predicted molar refractivity (Wildman–Crippen MR) is 78.2 cm³/mol. The van der Waals surface area contributed by atoms with Crippen molar-refractivity contribution in [3.05, 3.63) is 28.2 Å². The van der Waals surface area contributed by atoms with E-state index >= 15 is 0 Å². The zero-order valence-corrected chi connectivity index (χ0v) is 12.7. The number of benzene rings is 1. The molecule has 0 bridgehead atoms. The van der Waals surface area contributed by atoms with Crippen LogP contribution in [0.2, 0.25) is 0 Å². The molecule has 106 valence electrons. The van der Waals surface area contributed by atoms with E-state index in [9.17, 15) is 14.7 Å². The van der Waals surface area contributed by atoms with Crippen LogP contribution in [0.15, 0.2) is 22.7 Å². The van der Waals surface area contributed by atoms with Gasteiger partial charge in [-0.1, -0.05) is 22.9 Å². The minimum atomic E-state index is -1.73. The van der Waals surface area contributed by atoms with Crippen molar-refractivity contribution >= 4 is 33.3 Å². The maximum Gasteiger partial charge on any atom is 0.261 e. The number of ketones is 1. The molecule has 1 aromatic carbocycles. The Morgan fingerprint density at radius 1 is 1.40 bits per heavy atom. The van der Waals surface area contributed by atoms with Crippen molar-refractivity contribution in [2.45, 2.75) is 31.8 Å². The number of fused-ring (bicyclic) bond motifs is 1. The van der Waals surface area contributed by atoms with E-state index in [-0.39, 0.29) is 5.78 Å². The standard InChI is InChI=1S/C15H16BrNO3/c1-8-2-5-13(18)11(6-8)15(20)10-7-9(16)3-4-12(10)17-14(15)19/h3-4,7-8,11,20H,2,5-6H2,1H3,(H,17,19)/t8-,11-,15-/m1/s1. The highest BCUT2D eigenvalue weighted by molar-refractivity contribution is 9.10. The van der Waals surface area contributed by atoms with Gasteiger partial charge in [0, 0.05) is 22.1 Å². The average molecular weight is 338 g/mol. The van der Waals surface area contributed by atoms with Crippen LogP contribution in [0, 0.1) is 11.8 Å². The molecule has 0 aromatic heterocycles. The Labute approximate surface area is 125 Å². The molecule has 20 heavy (non-hydrogen) atoms. The Hall–Kier alpha value is -1.20. The third-order valence-corrected chi connectivity index (χ3v) is 4.89. The molecular formula is C15H16BrNO3. The van der Waals surface area contributed by atoms with Gasteiger partial charge in [0.05, 0.1) is 5.92 Å². The molecule has 1 aliphatic heterocycles. The van der Waals surface area contributed by atoms with Gasteiger partial charge in [0.25, 0.3) is 5.91 Å². The van der Waals surface area contributed by atoms with E-state index in [2.05, 4.69) is 28.2 Å². The monoisotopic (exact) mass is 337 g/mol. The molecule has 1 aromatic rings. The summed E-state index contributed by atoms with van der Waals surface area (Å²) >= 11 is 3.35. The van der Waals surface area contributed by atoms with Gasteiger partial charge in [0.1, 0.15) is 5.78 Å². The Kier molecular flexibility index (Phi) is 3.21. The second-order valence-electron chi connectivity index (χ2n) is 5.81. The van der Waals surface area contributed by atoms with Crippen LogP contribution in [0.5, 0.6) is 0 Å². The van der Waals surface area contributed by atoms with Crippen LogP contribution < -0.4 is 5.32 Å². The molecule has 1 aliphatic carbocycles. The zero-order chi connectivity index (χ0) is 14.5. The van der Waals surface area contributed by atoms with E-state index < -0.39 is 17.4 Å². The largest absolute Gasteiger partial charge is 0.375 e. The second kappa shape index (κ2) is 4.67. The molecule has 1 amide bonds. The number of amides is 1. The SMILES string of the molecule is C[C@@H]1CCC(=O)[C@H]([C@@]2(O)C(=O)Nc3ccc(Br)cc32)C1. The number of halogens is 1. The molecule has 0 saturated heterocycles. The lowest BCUT2D eigenvalue weighted by Crippen LogP contribution is -2.47. The Morgan fingerprint density at radius 2 is 2.15 bits per heavy atom. The number of rotatable bonds is 1. The first kappa shape index (κ1) is 13.8. The summed E-state index contributed by atoms with van der Waals surface area (Å²) in [6.07, 6.45) is 1.82. The molecule has 2 aliphatic rings. The number of hydrogen-bond acceptors (Lipinski definition) is 3. The second-order valence-corrected chi connectivity index (χ2v) is 6.72. The smallest absolute Gasteiger partial charge is 0.261 e. The summed E-state index contributed by atoms with van der Waals surface area (Å²) in [6.45, 7) is 2.05. The van der Waals surface area contributed by atoms with Gasteiger partial charge in [-0.2, -0.15) is 0 Å². The number of aliphatic hydroxyl groups is 1. The Bertz CT molecular complexity index is 601. The van der Waals surface area contributed by atoms with Crippen molar-refractivity contribution in [1.82, 2.24) is 0 Å². The van der Waals surface area contributed by atoms with Crippen molar-refractivity contribution < 1.29 is 14.7 Å². The lowest BCUT2D eigenvalue weighted by atomic mass is 9.70. The van der Waals surface area contributed by atoms with Crippen LogP contribution in [0.4, 0.5) is 5.69 Å². The molecular weight excluding hydrogens is 322 g/mol. The number of anilines is 1. The van der Waals surface area contributed by atoms with Crippen LogP contribution in [0.25, 0.3) is 0 Å². The van der Waals surface area contributed by atoms with E-state index in [0.29, 0.717) is 30.0 Å². The summed E-state index contributed by atoms with van der Waals surface area (Å²) in [6, 6.07) is 5.27. The van der Waals surface area contributed by atoms with Crippen molar-refractivity contribution in [2.75, 3.05) is 5.32 Å². The van der Waals surface area contributed by atoms with Gasteiger partial charge in [-0.05, 0) is 37.0 Å². The highest BCUT2D eigenvalue weighted by Gasteiger charge is 2.54. The van der Waals surface area contributed by atoms with E-state index in [4.69, 9.17) is 0 Å². The van der Waals surface area contributed by atoms with Gasteiger partial charge in [-0.3, -0.25) is 9.59 Å². The molecule has 1 saturated carbocycles. The molecule has 0 spiro atoms. The fraction of sp³-hybridized carbons (Fsp3) is 0.467. The third-order valence-electron chi connectivity index (χ3n) is 4.40. The van der Waals surface area contributed by atoms with Gasteiger partial charge in [0.15, 0.2) is 5.60 Å². The third kappa shape index (κ3) is 1.91. The van der Waals surface area contributed by atoms with E-state index in [1.54, 1.807) is 18.2 Å². The molecule has 3 rings (SSSR count). The Balaban J connectivity index is 2.09. The normalized spacial score (nSPS) is 33.0. The van der Waals surface area contributed by atoms with Crippen LogP contribution in [-0.4, -0.2) is 16.8 Å². The van der Waals surface area contributed by atoms with Crippen molar-refractivity contribution in [2.24, 2.45) is 11.8 Å². The number of carbonyl (C=O) groups is 2. The zero-order valence-electron chi connectivity index (χ0n) is 11.1. The molecule has 4 nitrogen and oxygen atoms in total. The molecule has 5 heteroatoms. The Morgan fingerprint density at radius 3 is 2.90 bits per heavy atom. The quantitative estimate of drug-likeness (QED) is 0.827. The fourth-order valence-electron chi connectivity index (χ4n) is 3.24. The van der Waals surface area contributed by atoms with Gasteiger partial charge in [-0.25, -0.2) is 0 Å². The topological polar surface area (TPSA) is 66.4 Å². The van der Waals surface area contributed by atoms with Crippen LogP contribution in [-0.2, 0) is 15.2 Å². The molecule has 2 N–H and O–H groups in total. The van der Waals surface area contributed by atoms with Gasteiger partial charge in [0.2, 0.25) is 0 Å². The highest BCUT2D eigenvalue weighted by atomic mass is 79.9.